The molecule has 55 heavy (non-hydrogen) atoms. The largest absolute Gasteiger partial charge is 0.407 e. The summed E-state index contributed by atoms with van der Waals surface area (Å²) in [5.41, 5.74) is 2.78. The monoisotopic (exact) mass is 924 g/mol. The molecule has 3 aromatic rings. The Morgan fingerprint density at radius 1 is 0.618 bits per heavy atom. The number of nitrogens with zero attached hydrogens (tertiary/aromatic N) is 1. The molecule has 4 fully saturated rings. The molecule has 12 heteroatoms. The van der Waals surface area contributed by atoms with E-state index in [9.17, 15) is 18.3 Å². The molecule has 3 saturated carbocycles. The van der Waals surface area contributed by atoms with Gasteiger partial charge in [0.05, 0.1) is 31.4 Å². The van der Waals surface area contributed by atoms with Crippen molar-refractivity contribution in [3.05, 3.63) is 97.7 Å². The standard InChI is InChI=1S/C19H31FN2OSi.C15H22BrFOSi.C9H8BrFO/c1-18(2,3)24(4,5)23-19(8-9-19)15-6-7-16(20)17(14-15)22-12-10-21-11-13-22;1-14(2,3)19(4,5)18-15(8-9-15)11-6-7-13(17)12(16)10-11;10-7-5-6(1-2-8(7)11)9(12)3-4-9/h6-7,14,21H,8-13H2,1-5H3;6-7,10H,8-9H2,1-5H3;1-2,5,12H,3-4H2. The molecule has 1 saturated heterocycles. The highest BCUT2D eigenvalue weighted by Crippen LogP contribution is 2.56. The summed E-state index contributed by atoms with van der Waals surface area (Å²) in [6.45, 7) is 26.2. The highest BCUT2D eigenvalue weighted by molar-refractivity contribution is 9.10. The van der Waals surface area contributed by atoms with Gasteiger partial charge in [0.15, 0.2) is 16.6 Å². The zero-order chi connectivity index (χ0) is 40.8. The summed E-state index contributed by atoms with van der Waals surface area (Å²) in [5.74, 6) is -0.626. The fourth-order valence-electron chi connectivity index (χ4n) is 6.33. The van der Waals surface area contributed by atoms with E-state index in [2.05, 4.69) is 110 Å². The molecule has 2 N–H and O–H groups in total. The average molecular weight is 927 g/mol. The zero-order valence-electron chi connectivity index (χ0n) is 34.4. The minimum absolute atomic E-state index is 0.122. The van der Waals surface area contributed by atoms with Crippen LogP contribution < -0.4 is 10.2 Å². The number of hydrogen-bond acceptors (Lipinski definition) is 5. The van der Waals surface area contributed by atoms with Crippen molar-refractivity contribution < 1.29 is 27.1 Å². The van der Waals surface area contributed by atoms with Gasteiger partial charge in [-0.3, -0.25) is 0 Å². The topological polar surface area (TPSA) is 54.0 Å². The molecule has 0 spiro atoms. The summed E-state index contributed by atoms with van der Waals surface area (Å²) >= 11 is 6.35. The molecule has 304 valence electrons. The van der Waals surface area contributed by atoms with Crippen LogP contribution >= 0.6 is 31.9 Å². The van der Waals surface area contributed by atoms with E-state index in [0.717, 1.165) is 87.1 Å². The van der Waals surface area contributed by atoms with Crippen LogP contribution in [0.3, 0.4) is 0 Å². The van der Waals surface area contributed by atoms with Crippen LogP contribution in [0.2, 0.25) is 36.3 Å². The molecule has 0 atom stereocenters. The van der Waals surface area contributed by atoms with Crippen molar-refractivity contribution in [2.45, 2.75) is 133 Å². The lowest BCUT2D eigenvalue weighted by Gasteiger charge is -2.40. The van der Waals surface area contributed by atoms with E-state index in [1.54, 1.807) is 18.2 Å². The molecule has 3 aliphatic carbocycles. The maximum absolute atomic E-state index is 14.4. The first kappa shape index (κ1) is 44.6. The van der Waals surface area contributed by atoms with Gasteiger partial charge in [0.1, 0.15) is 17.5 Å². The predicted molar refractivity (Wildman–Crippen MR) is 231 cm³/mol. The van der Waals surface area contributed by atoms with Crippen LogP contribution in [0.25, 0.3) is 0 Å². The zero-order valence-corrected chi connectivity index (χ0v) is 39.5. The Balaban J connectivity index is 0.000000167. The van der Waals surface area contributed by atoms with Gasteiger partial charge in [-0.05, 0) is 160 Å². The molecule has 5 nitrogen and oxygen atoms in total. The van der Waals surface area contributed by atoms with Gasteiger partial charge in [-0.25, -0.2) is 13.2 Å². The average Bonchev–Trinajstić information content (AvgIpc) is 4.02. The summed E-state index contributed by atoms with van der Waals surface area (Å²) in [4.78, 5) is 2.15. The third-order valence-electron chi connectivity index (χ3n) is 12.5. The predicted octanol–water partition coefficient (Wildman–Crippen LogP) is 12.4. The minimum Gasteiger partial charge on any atom is -0.407 e. The maximum Gasteiger partial charge on any atom is 0.193 e. The van der Waals surface area contributed by atoms with E-state index in [4.69, 9.17) is 8.85 Å². The molecular weight excluding hydrogens is 865 g/mol. The van der Waals surface area contributed by atoms with Gasteiger partial charge in [0.2, 0.25) is 0 Å². The van der Waals surface area contributed by atoms with Crippen molar-refractivity contribution in [3.63, 3.8) is 0 Å². The molecule has 0 radical (unpaired) electrons. The van der Waals surface area contributed by atoms with Gasteiger partial charge in [0, 0.05) is 26.2 Å². The number of rotatable bonds is 8. The highest BCUT2D eigenvalue weighted by Gasteiger charge is 2.54. The molecular formula is C43H61Br2F3N2O3Si2. The Bertz CT molecular complexity index is 1830. The van der Waals surface area contributed by atoms with Crippen molar-refractivity contribution in [1.29, 1.82) is 0 Å². The fraction of sp³-hybridized carbons (Fsp3) is 0.581. The second-order valence-electron chi connectivity index (χ2n) is 18.9. The number of aliphatic hydroxyl groups is 1. The summed E-state index contributed by atoms with van der Waals surface area (Å²) in [6.07, 6.45) is 5.74. The number of benzene rings is 3. The Morgan fingerprint density at radius 2 is 1.00 bits per heavy atom. The normalized spacial score (nSPS) is 19.7. The second kappa shape index (κ2) is 16.3. The molecule has 0 bridgehead atoms. The molecule has 1 heterocycles. The number of hydrogen-bond donors (Lipinski definition) is 2. The van der Waals surface area contributed by atoms with Crippen LogP contribution in [0.5, 0.6) is 0 Å². The molecule has 1 aliphatic heterocycles. The van der Waals surface area contributed by atoms with E-state index in [0.29, 0.717) is 8.95 Å². The lowest BCUT2D eigenvalue weighted by atomic mass is 10.1. The van der Waals surface area contributed by atoms with E-state index < -0.39 is 22.2 Å². The summed E-state index contributed by atoms with van der Waals surface area (Å²) in [7, 11) is -3.65. The smallest absolute Gasteiger partial charge is 0.193 e. The number of halogens is 5. The van der Waals surface area contributed by atoms with E-state index in [1.807, 2.05) is 24.3 Å². The first-order chi connectivity index (χ1) is 25.3. The molecule has 0 unspecified atom stereocenters. The maximum atomic E-state index is 14.4. The van der Waals surface area contributed by atoms with Gasteiger partial charge in [0.25, 0.3) is 0 Å². The Labute approximate surface area is 346 Å². The lowest BCUT2D eigenvalue weighted by molar-refractivity contribution is 0.151. The van der Waals surface area contributed by atoms with E-state index in [1.165, 1.54) is 12.1 Å². The van der Waals surface area contributed by atoms with E-state index in [-0.39, 0.29) is 38.7 Å². The molecule has 0 aromatic heterocycles. The van der Waals surface area contributed by atoms with Crippen LogP contribution in [0, 0.1) is 17.5 Å². The third-order valence-corrected chi connectivity index (χ3v) is 22.7. The number of anilines is 1. The third kappa shape index (κ3) is 10.6. The molecule has 7 rings (SSSR count). The summed E-state index contributed by atoms with van der Waals surface area (Å²) in [6, 6.07) is 15.5. The second-order valence-corrected chi connectivity index (χ2v) is 30.1. The van der Waals surface area contributed by atoms with Crippen molar-refractivity contribution in [1.82, 2.24) is 5.32 Å². The fourth-order valence-corrected chi connectivity index (χ4v) is 10.3. The van der Waals surface area contributed by atoms with Crippen LogP contribution in [-0.4, -0.2) is 47.9 Å². The minimum atomic E-state index is -1.85. The van der Waals surface area contributed by atoms with E-state index >= 15 is 0 Å². The Hall–Kier alpha value is -1.52. The molecule has 3 aromatic carbocycles. The van der Waals surface area contributed by atoms with Crippen LogP contribution in [-0.2, 0) is 25.7 Å². The van der Waals surface area contributed by atoms with Gasteiger partial charge >= 0.3 is 0 Å². The highest BCUT2D eigenvalue weighted by atomic mass is 79.9. The first-order valence-electron chi connectivity index (χ1n) is 19.6. The van der Waals surface area contributed by atoms with Gasteiger partial charge in [-0.2, -0.15) is 0 Å². The van der Waals surface area contributed by atoms with Crippen LogP contribution in [0.4, 0.5) is 18.9 Å². The lowest BCUT2D eigenvalue weighted by Crippen LogP contribution is -2.44. The first-order valence-corrected chi connectivity index (χ1v) is 27.0. The van der Waals surface area contributed by atoms with Crippen molar-refractivity contribution >= 4 is 54.2 Å². The number of nitrogens with one attached hydrogen (secondary N) is 1. The number of piperazine rings is 1. The quantitative estimate of drug-likeness (QED) is 0.221. The molecule has 0 amide bonds. The SMILES string of the molecule is CC(C)(C)[Si](C)(C)OC1(c2ccc(F)c(Br)c2)CC1.CC(C)(C)[Si](C)(C)OC1(c2ccc(F)c(N3CCNCC3)c2)CC1.OC1(c2ccc(F)c(Br)c2)CC1. The van der Waals surface area contributed by atoms with Gasteiger partial charge < -0.3 is 24.2 Å². The van der Waals surface area contributed by atoms with Crippen molar-refractivity contribution in [3.8, 4) is 0 Å². The van der Waals surface area contributed by atoms with Crippen molar-refractivity contribution in [2.24, 2.45) is 0 Å². The molecule has 4 aliphatic rings. The van der Waals surface area contributed by atoms with Crippen LogP contribution in [0.1, 0.15) is 96.8 Å². The van der Waals surface area contributed by atoms with Gasteiger partial charge in [-0.1, -0.05) is 59.7 Å². The Kier molecular flexibility index (Phi) is 13.2. The van der Waals surface area contributed by atoms with Crippen LogP contribution in [0.15, 0.2) is 63.5 Å². The van der Waals surface area contributed by atoms with Crippen molar-refractivity contribution in [2.75, 3.05) is 31.1 Å². The summed E-state index contributed by atoms with van der Waals surface area (Å²) < 4.78 is 54.8. The summed E-state index contributed by atoms with van der Waals surface area (Å²) in [5, 5.41) is 13.4. The Morgan fingerprint density at radius 3 is 1.38 bits per heavy atom. The van der Waals surface area contributed by atoms with Gasteiger partial charge in [-0.15, -0.1) is 0 Å².